The van der Waals surface area contributed by atoms with Crippen LogP contribution in [0.4, 0.5) is 10.1 Å². The molecule has 3 heteroatoms. The fraction of sp³-hybridized carbons (Fsp3) is 0.308. The maximum absolute atomic E-state index is 13.5. The summed E-state index contributed by atoms with van der Waals surface area (Å²) in [6.45, 7) is 1.94. The fourth-order valence-corrected chi connectivity index (χ4v) is 1.28. The molecule has 0 aliphatic rings. The lowest BCUT2D eigenvalue weighted by Crippen LogP contribution is -2.12. The van der Waals surface area contributed by atoms with Crippen LogP contribution in [0.25, 0.3) is 0 Å². The second-order valence-corrected chi connectivity index (χ2v) is 3.42. The highest BCUT2D eigenvalue weighted by Gasteiger charge is 2.06. The summed E-state index contributed by atoms with van der Waals surface area (Å²) in [5.41, 5.74) is 1.11. The maximum atomic E-state index is 13.5. The Balaban J connectivity index is 2.67. The van der Waals surface area contributed by atoms with E-state index in [0.29, 0.717) is 6.42 Å². The first-order chi connectivity index (χ1) is 7.67. The minimum Gasteiger partial charge on any atom is -0.324 e. The van der Waals surface area contributed by atoms with E-state index in [2.05, 4.69) is 11.2 Å². The number of benzene rings is 1. The molecule has 0 saturated carbocycles. The van der Waals surface area contributed by atoms with Gasteiger partial charge in [-0.15, -0.1) is 12.3 Å². The van der Waals surface area contributed by atoms with Crippen molar-refractivity contribution >= 4 is 11.6 Å². The van der Waals surface area contributed by atoms with Gasteiger partial charge in [0.05, 0.1) is 5.69 Å². The van der Waals surface area contributed by atoms with E-state index in [-0.39, 0.29) is 18.0 Å². The summed E-state index contributed by atoms with van der Waals surface area (Å²) >= 11 is 0. The van der Waals surface area contributed by atoms with Gasteiger partial charge in [0.2, 0.25) is 5.91 Å². The van der Waals surface area contributed by atoms with E-state index in [9.17, 15) is 9.18 Å². The fourth-order valence-electron chi connectivity index (χ4n) is 1.28. The quantitative estimate of drug-likeness (QED) is 0.775. The van der Waals surface area contributed by atoms with Crippen molar-refractivity contribution in [2.75, 3.05) is 5.32 Å². The molecule has 0 spiro atoms. The van der Waals surface area contributed by atoms with Gasteiger partial charge in [-0.2, -0.15) is 0 Å². The molecule has 1 aromatic carbocycles. The molecular formula is C13H14FNO. The smallest absolute Gasteiger partial charge is 0.225 e. The zero-order valence-corrected chi connectivity index (χ0v) is 9.22. The summed E-state index contributed by atoms with van der Waals surface area (Å²) in [6, 6.07) is 4.79. The van der Waals surface area contributed by atoms with Gasteiger partial charge in [-0.05, 0) is 24.1 Å². The Morgan fingerprint density at radius 1 is 1.56 bits per heavy atom. The normalized spacial score (nSPS) is 9.56. The van der Waals surface area contributed by atoms with Crippen LogP contribution < -0.4 is 5.32 Å². The van der Waals surface area contributed by atoms with E-state index in [0.717, 1.165) is 12.0 Å². The number of hydrogen-bond donors (Lipinski definition) is 1. The average molecular weight is 219 g/mol. The molecule has 1 amide bonds. The number of amides is 1. The van der Waals surface area contributed by atoms with Crippen molar-refractivity contribution in [3.05, 3.63) is 29.6 Å². The molecule has 0 radical (unpaired) electrons. The summed E-state index contributed by atoms with van der Waals surface area (Å²) in [6.07, 6.45) is 6.38. The largest absolute Gasteiger partial charge is 0.324 e. The number of nitrogens with one attached hydrogen (secondary N) is 1. The zero-order valence-electron chi connectivity index (χ0n) is 9.22. The first-order valence-corrected chi connectivity index (χ1v) is 5.19. The molecule has 1 N–H and O–H groups in total. The van der Waals surface area contributed by atoms with E-state index in [1.165, 1.54) is 6.07 Å². The van der Waals surface area contributed by atoms with Crippen LogP contribution >= 0.6 is 0 Å². The average Bonchev–Trinajstić information content (AvgIpc) is 2.29. The molecule has 0 heterocycles. The molecule has 0 bridgehead atoms. The number of terminal acetylenes is 1. The minimum absolute atomic E-state index is 0.208. The predicted octanol–water partition coefficient (Wildman–Crippen LogP) is 2.74. The summed E-state index contributed by atoms with van der Waals surface area (Å²) in [5, 5.41) is 2.49. The molecule has 0 aliphatic heterocycles. The van der Waals surface area contributed by atoms with Crippen molar-refractivity contribution in [3.8, 4) is 12.3 Å². The van der Waals surface area contributed by atoms with Crippen molar-refractivity contribution < 1.29 is 9.18 Å². The van der Waals surface area contributed by atoms with Gasteiger partial charge in [-0.1, -0.05) is 13.0 Å². The highest BCUT2D eigenvalue weighted by atomic mass is 19.1. The van der Waals surface area contributed by atoms with Gasteiger partial charge < -0.3 is 5.32 Å². The molecule has 84 valence electrons. The number of halogens is 1. The molecule has 0 saturated heterocycles. The SMILES string of the molecule is C#CCCC(=O)Nc1ccc(CC)cc1F. The lowest BCUT2D eigenvalue weighted by Gasteiger charge is -2.06. The van der Waals surface area contributed by atoms with Crippen LogP contribution in [0.1, 0.15) is 25.3 Å². The molecule has 0 aromatic heterocycles. The second kappa shape index (κ2) is 5.92. The van der Waals surface area contributed by atoms with E-state index < -0.39 is 5.82 Å². The third kappa shape index (κ3) is 3.39. The second-order valence-electron chi connectivity index (χ2n) is 3.42. The van der Waals surface area contributed by atoms with Crippen LogP contribution in [0.5, 0.6) is 0 Å². The van der Waals surface area contributed by atoms with Gasteiger partial charge in [0, 0.05) is 12.8 Å². The maximum Gasteiger partial charge on any atom is 0.225 e. The molecular weight excluding hydrogens is 205 g/mol. The molecule has 2 nitrogen and oxygen atoms in total. The Labute approximate surface area is 94.9 Å². The Kier molecular flexibility index (Phi) is 4.53. The first-order valence-electron chi connectivity index (χ1n) is 5.19. The van der Waals surface area contributed by atoms with E-state index in [1.807, 2.05) is 6.92 Å². The van der Waals surface area contributed by atoms with Crippen LogP contribution in [0.15, 0.2) is 18.2 Å². The molecule has 0 fully saturated rings. The van der Waals surface area contributed by atoms with E-state index in [4.69, 9.17) is 6.42 Å². The molecule has 1 rings (SSSR count). The van der Waals surface area contributed by atoms with Gasteiger partial charge in [0.1, 0.15) is 5.82 Å². The van der Waals surface area contributed by atoms with Crippen molar-refractivity contribution in [3.63, 3.8) is 0 Å². The molecule has 0 aliphatic carbocycles. The Morgan fingerprint density at radius 2 is 2.31 bits per heavy atom. The van der Waals surface area contributed by atoms with Crippen LogP contribution in [0.3, 0.4) is 0 Å². The van der Waals surface area contributed by atoms with Gasteiger partial charge in [-0.25, -0.2) is 4.39 Å². The number of rotatable bonds is 4. The van der Waals surface area contributed by atoms with Gasteiger partial charge in [0.15, 0.2) is 0 Å². The number of anilines is 1. The Hall–Kier alpha value is -1.82. The lowest BCUT2D eigenvalue weighted by molar-refractivity contribution is -0.116. The third-order valence-corrected chi connectivity index (χ3v) is 2.21. The van der Waals surface area contributed by atoms with Crippen molar-refractivity contribution in [2.24, 2.45) is 0 Å². The van der Waals surface area contributed by atoms with Crippen molar-refractivity contribution in [2.45, 2.75) is 26.2 Å². The monoisotopic (exact) mass is 219 g/mol. The number of hydrogen-bond acceptors (Lipinski definition) is 1. The summed E-state index contributed by atoms with van der Waals surface area (Å²) in [4.78, 5) is 11.3. The zero-order chi connectivity index (χ0) is 12.0. The number of carbonyl (C=O) groups is 1. The standard InChI is InChI=1S/C13H14FNO/c1-3-5-6-13(16)15-12-8-7-10(4-2)9-11(12)14/h1,7-9H,4-6H2,2H3,(H,15,16). The van der Waals surface area contributed by atoms with Crippen LogP contribution in [0.2, 0.25) is 0 Å². The Morgan fingerprint density at radius 3 is 2.88 bits per heavy atom. The van der Waals surface area contributed by atoms with Gasteiger partial charge >= 0.3 is 0 Å². The van der Waals surface area contributed by atoms with Gasteiger partial charge in [0.25, 0.3) is 0 Å². The number of carbonyl (C=O) groups excluding carboxylic acids is 1. The van der Waals surface area contributed by atoms with Crippen LogP contribution in [0, 0.1) is 18.2 Å². The summed E-state index contributed by atoms with van der Waals surface area (Å²) < 4.78 is 13.5. The highest BCUT2D eigenvalue weighted by molar-refractivity contribution is 5.90. The predicted molar refractivity (Wildman–Crippen MR) is 62.5 cm³/mol. The van der Waals surface area contributed by atoms with Crippen molar-refractivity contribution in [1.82, 2.24) is 0 Å². The van der Waals surface area contributed by atoms with Crippen LogP contribution in [-0.4, -0.2) is 5.91 Å². The molecule has 0 atom stereocenters. The molecule has 0 unspecified atom stereocenters. The molecule has 1 aromatic rings. The highest BCUT2D eigenvalue weighted by Crippen LogP contribution is 2.16. The number of aryl methyl sites for hydroxylation is 1. The Bertz CT molecular complexity index is 420. The first kappa shape index (κ1) is 12.3. The summed E-state index contributed by atoms with van der Waals surface area (Å²) in [7, 11) is 0. The minimum atomic E-state index is -0.409. The van der Waals surface area contributed by atoms with E-state index >= 15 is 0 Å². The van der Waals surface area contributed by atoms with Gasteiger partial charge in [-0.3, -0.25) is 4.79 Å². The van der Waals surface area contributed by atoms with Crippen LogP contribution in [-0.2, 0) is 11.2 Å². The van der Waals surface area contributed by atoms with E-state index in [1.54, 1.807) is 12.1 Å². The molecule has 16 heavy (non-hydrogen) atoms. The third-order valence-electron chi connectivity index (χ3n) is 2.21. The summed E-state index contributed by atoms with van der Waals surface area (Å²) in [5.74, 6) is 1.69. The topological polar surface area (TPSA) is 29.1 Å². The van der Waals surface area contributed by atoms with Crippen molar-refractivity contribution in [1.29, 1.82) is 0 Å². The lowest BCUT2D eigenvalue weighted by atomic mass is 10.1.